The number of aromatic nitrogens is 4. The number of halogens is 4. The maximum absolute atomic E-state index is 13.5. The number of alkyl halides is 3. The summed E-state index contributed by atoms with van der Waals surface area (Å²) in [5.41, 5.74) is 2.74. The highest BCUT2D eigenvalue weighted by Gasteiger charge is 2.30. The number of ether oxygens (including phenoxy) is 1. The Labute approximate surface area is 214 Å². The Balaban J connectivity index is 1.48. The molecule has 188 valence electrons. The maximum atomic E-state index is 13.5. The van der Waals surface area contributed by atoms with E-state index in [2.05, 4.69) is 10.1 Å². The van der Waals surface area contributed by atoms with Gasteiger partial charge in [0.1, 0.15) is 12.3 Å². The van der Waals surface area contributed by atoms with Crippen LogP contribution in [0.3, 0.4) is 0 Å². The van der Waals surface area contributed by atoms with Crippen LogP contribution in [0.2, 0.25) is 5.02 Å². The van der Waals surface area contributed by atoms with Gasteiger partial charge in [0.2, 0.25) is 0 Å². The molecule has 5 aromatic rings. The predicted molar refractivity (Wildman–Crippen MR) is 134 cm³/mol. The fourth-order valence-corrected chi connectivity index (χ4v) is 4.17. The topological polar surface area (TPSA) is 61.4 Å². The van der Waals surface area contributed by atoms with E-state index in [0.717, 1.165) is 23.5 Å². The lowest BCUT2D eigenvalue weighted by Crippen LogP contribution is -2.19. The molecule has 0 aliphatic rings. The molecule has 3 aromatic heterocycles. The van der Waals surface area contributed by atoms with Crippen molar-refractivity contribution in [3.8, 4) is 22.7 Å². The van der Waals surface area contributed by atoms with Crippen molar-refractivity contribution < 1.29 is 17.9 Å². The van der Waals surface area contributed by atoms with E-state index in [1.54, 1.807) is 42.1 Å². The quantitative estimate of drug-likeness (QED) is 0.266. The Morgan fingerprint density at radius 3 is 2.38 bits per heavy atom. The van der Waals surface area contributed by atoms with E-state index in [0.29, 0.717) is 38.9 Å². The first-order chi connectivity index (χ1) is 17.6. The van der Waals surface area contributed by atoms with Crippen LogP contribution in [-0.4, -0.2) is 19.2 Å². The smallest absolute Gasteiger partial charge is 0.416 e. The van der Waals surface area contributed by atoms with Crippen molar-refractivity contribution in [1.82, 2.24) is 19.2 Å². The highest BCUT2D eigenvalue weighted by atomic mass is 35.5. The summed E-state index contributed by atoms with van der Waals surface area (Å²) in [6, 6.07) is 17.1. The second-order valence-corrected chi connectivity index (χ2v) is 8.92. The molecule has 0 aliphatic heterocycles. The normalized spacial score (nSPS) is 11.7. The maximum Gasteiger partial charge on any atom is 0.416 e. The van der Waals surface area contributed by atoms with Gasteiger partial charge in [0.25, 0.3) is 5.56 Å². The number of benzene rings is 2. The summed E-state index contributed by atoms with van der Waals surface area (Å²) < 4.78 is 47.4. The molecule has 5 rings (SSSR count). The van der Waals surface area contributed by atoms with E-state index in [-0.39, 0.29) is 12.2 Å². The molecule has 6 nitrogen and oxygen atoms in total. The Hall–Kier alpha value is -4.11. The van der Waals surface area contributed by atoms with Crippen LogP contribution in [0.5, 0.6) is 5.75 Å². The standard InChI is InChI=1S/C27H20ClF3N4O2/c1-16-14-22(33-35(16)21-11-9-20(28)10-12-21)24-17(2)32-25-23(4-3-13-34(25)26(24)36)37-15-18-5-7-19(8-6-18)27(29,30)31/h3-14H,15H2,1-2H3. The largest absolute Gasteiger partial charge is 0.485 e. The van der Waals surface area contributed by atoms with Gasteiger partial charge in [0, 0.05) is 16.9 Å². The van der Waals surface area contributed by atoms with E-state index in [1.807, 2.05) is 25.1 Å². The Kier molecular flexibility index (Phi) is 6.25. The van der Waals surface area contributed by atoms with Gasteiger partial charge >= 0.3 is 6.18 Å². The van der Waals surface area contributed by atoms with E-state index in [4.69, 9.17) is 16.3 Å². The zero-order valence-corrected chi connectivity index (χ0v) is 20.5. The summed E-state index contributed by atoms with van der Waals surface area (Å²) >= 11 is 6.00. The summed E-state index contributed by atoms with van der Waals surface area (Å²) in [5, 5.41) is 5.25. The third-order valence-electron chi connectivity index (χ3n) is 5.89. The van der Waals surface area contributed by atoms with E-state index < -0.39 is 11.7 Å². The third kappa shape index (κ3) is 4.82. The molecule has 0 amide bonds. The third-order valence-corrected chi connectivity index (χ3v) is 6.14. The SMILES string of the molecule is Cc1nc2c(OCc3ccc(C(F)(F)F)cc3)cccn2c(=O)c1-c1cc(C)n(-c2ccc(Cl)cc2)n1. The van der Waals surface area contributed by atoms with E-state index in [9.17, 15) is 18.0 Å². The minimum Gasteiger partial charge on any atom is -0.485 e. The van der Waals surface area contributed by atoms with Gasteiger partial charge in [-0.1, -0.05) is 23.7 Å². The average Bonchev–Trinajstić information content (AvgIpc) is 3.24. The fraction of sp³-hybridized carbons (Fsp3) is 0.148. The van der Waals surface area contributed by atoms with Crippen molar-refractivity contribution in [1.29, 1.82) is 0 Å². The number of pyridine rings is 1. The zero-order chi connectivity index (χ0) is 26.3. The van der Waals surface area contributed by atoms with E-state index in [1.165, 1.54) is 16.5 Å². The minimum atomic E-state index is -4.40. The molecule has 2 aromatic carbocycles. The van der Waals surface area contributed by atoms with Gasteiger partial charge in [-0.15, -0.1) is 0 Å². The summed E-state index contributed by atoms with van der Waals surface area (Å²) in [4.78, 5) is 18.1. The monoisotopic (exact) mass is 524 g/mol. The van der Waals surface area contributed by atoms with Crippen molar-refractivity contribution in [2.45, 2.75) is 26.6 Å². The zero-order valence-electron chi connectivity index (χ0n) is 19.8. The lowest BCUT2D eigenvalue weighted by atomic mass is 10.1. The van der Waals surface area contributed by atoms with Crippen LogP contribution >= 0.6 is 11.6 Å². The van der Waals surface area contributed by atoms with Crippen molar-refractivity contribution in [2.75, 3.05) is 0 Å². The van der Waals surface area contributed by atoms with Gasteiger partial charge in [0.15, 0.2) is 11.4 Å². The number of nitrogens with zero attached hydrogens (tertiary/aromatic N) is 4. The summed E-state index contributed by atoms with van der Waals surface area (Å²) in [6.07, 6.45) is -2.82. The first-order valence-corrected chi connectivity index (χ1v) is 11.6. The number of hydrogen-bond acceptors (Lipinski definition) is 4. The molecule has 0 radical (unpaired) electrons. The Morgan fingerprint density at radius 2 is 1.70 bits per heavy atom. The second kappa shape index (κ2) is 9.40. The number of hydrogen-bond donors (Lipinski definition) is 0. The minimum absolute atomic E-state index is 0.0131. The van der Waals surface area contributed by atoms with Gasteiger partial charge in [-0.05, 0) is 74.0 Å². The van der Waals surface area contributed by atoms with Gasteiger partial charge in [-0.2, -0.15) is 18.3 Å². The predicted octanol–water partition coefficient (Wildman–Crippen LogP) is 6.42. The lowest BCUT2D eigenvalue weighted by Gasteiger charge is -2.12. The number of fused-ring (bicyclic) bond motifs is 1. The second-order valence-electron chi connectivity index (χ2n) is 8.49. The highest BCUT2D eigenvalue weighted by Crippen LogP contribution is 2.29. The van der Waals surface area contributed by atoms with Crippen LogP contribution in [0.25, 0.3) is 22.6 Å². The molecule has 0 unspecified atom stereocenters. The molecule has 37 heavy (non-hydrogen) atoms. The molecular weight excluding hydrogens is 505 g/mol. The van der Waals surface area contributed by atoms with Crippen LogP contribution in [0.4, 0.5) is 13.2 Å². The molecule has 0 saturated heterocycles. The fourth-order valence-electron chi connectivity index (χ4n) is 4.04. The van der Waals surface area contributed by atoms with Crippen molar-refractivity contribution in [3.63, 3.8) is 0 Å². The number of rotatable bonds is 5. The van der Waals surface area contributed by atoms with E-state index >= 15 is 0 Å². The number of aryl methyl sites for hydroxylation is 2. The first kappa shape index (κ1) is 24.6. The molecular formula is C27H20ClF3N4O2. The van der Waals surface area contributed by atoms with Crippen LogP contribution in [0, 0.1) is 13.8 Å². The van der Waals surface area contributed by atoms with Gasteiger partial charge in [-0.25, -0.2) is 9.67 Å². The Morgan fingerprint density at radius 1 is 1.00 bits per heavy atom. The van der Waals surface area contributed by atoms with Gasteiger partial charge in [0.05, 0.1) is 22.5 Å². The van der Waals surface area contributed by atoms with Gasteiger partial charge < -0.3 is 4.74 Å². The molecule has 0 aliphatic carbocycles. The summed E-state index contributed by atoms with van der Waals surface area (Å²) in [5.74, 6) is 0.331. The molecule has 0 spiro atoms. The first-order valence-electron chi connectivity index (χ1n) is 11.3. The molecule has 0 N–H and O–H groups in total. The summed E-state index contributed by atoms with van der Waals surface area (Å²) in [7, 11) is 0. The average molecular weight is 525 g/mol. The summed E-state index contributed by atoms with van der Waals surface area (Å²) in [6.45, 7) is 3.62. The molecule has 3 heterocycles. The van der Waals surface area contributed by atoms with Crippen LogP contribution < -0.4 is 10.3 Å². The van der Waals surface area contributed by atoms with Crippen molar-refractivity contribution in [3.05, 3.63) is 111 Å². The van der Waals surface area contributed by atoms with Crippen molar-refractivity contribution >= 4 is 17.2 Å². The molecule has 0 fully saturated rings. The Bertz CT molecular complexity index is 1660. The van der Waals surface area contributed by atoms with Crippen LogP contribution in [0.1, 0.15) is 22.5 Å². The van der Waals surface area contributed by atoms with Crippen LogP contribution in [-0.2, 0) is 12.8 Å². The van der Waals surface area contributed by atoms with Crippen molar-refractivity contribution in [2.24, 2.45) is 0 Å². The van der Waals surface area contributed by atoms with Crippen LogP contribution in [0.15, 0.2) is 77.7 Å². The molecule has 0 atom stereocenters. The highest BCUT2D eigenvalue weighted by molar-refractivity contribution is 6.30. The molecule has 0 saturated carbocycles. The lowest BCUT2D eigenvalue weighted by molar-refractivity contribution is -0.137. The van der Waals surface area contributed by atoms with Gasteiger partial charge in [-0.3, -0.25) is 9.20 Å². The molecule has 0 bridgehead atoms. The molecule has 10 heteroatoms.